The molecule has 1 saturated carbocycles. The summed E-state index contributed by atoms with van der Waals surface area (Å²) in [6.45, 7) is 2.42. The summed E-state index contributed by atoms with van der Waals surface area (Å²) in [7, 11) is 0. The lowest BCUT2D eigenvalue weighted by Gasteiger charge is -2.36. The van der Waals surface area contributed by atoms with Gasteiger partial charge < -0.3 is 16.4 Å². The van der Waals surface area contributed by atoms with E-state index in [1.807, 2.05) is 6.92 Å². The highest BCUT2D eigenvalue weighted by atomic mass is 16.2. The van der Waals surface area contributed by atoms with Crippen molar-refractivity contribution in [1.29, 1.82) is 0 Å². The molecule has 0 atom stereocenters. The van der Waals surface area contributed by atoms with Gasteiger partial charge in [0.25, 0.3) is 0 Å². The maximum absolute atomic E-state index is 11.4. The number of nitrogens with two attached hydrogens (primary N) is 1. The van der Waals surface area contributed by atoms with Gasteiger partial charge in [0, 0.05) is 6.54 Å². The number of hydrogen-bond acceptors (Lipinski definition) is 3. The molecule has 1 rings (SSSR count). The number of amides is 2. The van der Waals surface area contributed by atoms with Gasteiger partial charge in [0.1, 0.15) is 0 Å². The molecule has 0 aromatic rings. The second-order valence-corrected chi connectivity index (χ2v) is 3.65. The quantitative estimate of drug-likeness (QED) is 0.549. The van der Waals surface area contributed by atoms with E-state index >= 15 is 0 Å². The van der Waals surface area contributed by atoms with Gasteiger partial charge in [-0.05, 0) is 26.2 Å². The van der Waals surface area contributed by atoms with E-state index in [1.54, 1.807) is 0 Å². The maximum atomic E-state index is 11.4. The fourth-order valence-corrected chi connectivity index (χ4v) is 1.38. The minimum Gasteiger partial charge on any atom is -0.355 e. The van der Waals surface area contributed by atoms with Gasteiger partial charge in [-0.25, -0.2) is 0 Å². The van der Waals surface area contributed by atoms with Gasteiger partial charge in [0.15, 0.2) is 0 Å². The third-order valence-electron chi connectivity index (χ3n) is 2.48. The summed E-state index contributed by atoms with van der Waals surface area (Å²) < 4.78 is 0. The third-order valence-corrected chi connectivity index (χ3v) is 2.48. The van der Waals surface area contributed by atoms with Crippen LogP contribution in [0.3, 0.4) is 0 Å². The molecule has 0 unspecified atom stereocenters. The van der Waals surface area contributed by atoms with E-state index in [-0.39, 0.29) is 18.4 Å². The van der Waals surface area contributed by atoms with E-state index in [4.69, 9.17) is 5.73 Å². The van der Waals surface area contributed by atoms with Crippen molar-refractivity contribution in [2.24, 2.45) is 5.73 Å². The molecule has 14 heavy (non-hydrogen) atoms. The van der Waals surface area contributed by atoms with Gasteiger partial charge >= 0.3 is 0 Å². The first-order valence-electron chi connectivity index (χ1n) is 4.92. The number of hydrogen-bond donors (Lipinski definition) is 3. The predicted molar refractivity (Wildman–Crippen MR) is 52.5 cm³/mol. The van der Waals surface area contributed by atoms with Crippen LogP contribution < -0.4 is 16.4 Å². The van der Waals surface area contributed by atoms with Crippen molar-refractivity contribution in [2.45, 2.75) is 31.7 Å². The van der Waals surface area contributed by atoms with E-state index in [0.717, 1.165) is 6.42 Å². The average molecular weight is 199 g/mol. The SMILES string of the molecule is CCNC(=O)CNC(=O)C1(N)CCC1. The molecule has 1 fully saturated rings. The predicted octanol–water partition coefficient (Wildman–Crippen LogP) is -0.880. The Hall–Kier alpha value is -1.10. The summed E-state index contributed by atoms with van der Waals surface area (Å²) in [4.78, 5) is 22.5. The van der Waals surface area contributed by atoms with Crippen molar-refractivity contribution >= 4 is 11.8 Å². The van der Waals surface area contributed by atoms with Crippen molar-refractivity contribution in [2.75, 3.05) is 13.1 Å². The van der Waals surface area contributed by atoms with Crippen molar-refractivity contribution in [1.82, 2.24) is 10.6 Å². The molecule has 1 aliphatic carbocycles. The lowest BCUT2D eigenvalue weighted by molar-refractivity contribution is -0.131. The lowest BCUT2D eigenvalue weighted by atomic mass is 9.77. The Kier molecular flexibility index (Phi) is 3.46. The van der Waals surface area contributed by atoms with Crippen molar-refractivity contribution in [3.05, 3.63) is 0 Å². The Bertz CT molecular complexity index is 236. The molecule has 0 aromatic carbocycles. The zero-order valence-electron chi connectivity index (χ0n) is 8.43. The first-order valence-corrected chi connectivity index (χ1v) is 4.92. The van der Waals surface area contributed by atoms with Crippen LogP contribution >= 0.6 is 0 Å². The van der Waals surface area contributed by atoms with Gasteiger partial charge in [0.05, 0.1) is 12.1 Å². The lowest BCUT2D eigenvalue weighted by Crippen LogP contribution is -2.59. The first kappa shape index (κ1) is 11.0. The minimum absolute atomic E-state index is 0.0195. The summed E-state index contributed by atoms with van der Waals surface area (Å²) in [5, 5.41) is 5.13. The van der Waals surface area contributed by atoms with Gasteiger partial charge in [-0.3, -0.25) is 9.59 Å². The molecule has 80 valence electrons. The number of carbonyl (C=O) groups excluding carboxylic acids is 2. The van der Waals surface area contributed by atoms with Gasteiger partial charge in [-0.15, -0.1) is 0 Å². The Balaban J connectivity index is 2.24. The molecule has 0 saturated heterocycles. The number of rotatable bonds is 4. The highest BCUT2D eigenvalue weighted by Crippen LogP contribution is 2.28. The Morgan fingerprint density at radius 2 is 2.00 bits per heavy atom. The van der Waals surface area contributed by atoms with Gasteiger partial charge in [-0.1, -0.05) is 0 Å². The Labute approximate surface area is 83.4 Å². The van der Waals surface area contributed by atoms with Crippen LogP contribution in [0, 0.1) is 0 Å². The largest absolute Gasteiger partial charge is 0.355 e. The molecule has 5 nitrogen and oxygen atoms in total. The average Bonchev–Trinajstić information content (AvgIpc) is 2.11. The second kappa shape index (κ2) is 4.41. The van der Waals surface area contributed by atoms with Crippen LogP contribution in [0.25, 0.3) is 0 Å². The Morgan fingerprint density at radius 3 is 2.43 bits per heavy atom. The normalized spacial score (nSPS) is 18.1. The highest BCUT2D eigenvalue weighted by molar-refractivity contribution is 5.90. The minimum atomic E-state index is -0.716. The van der Waals surface area contributed by atoms with Crippen LogP contribution in [0.5, 0.6) is 0 Å². The first-order chi connectivity index (χ1) is 6.58. The summed E-state index contributed by atoms with van der Waals surface area (Å²) in [6, 6.07) is 0. The third kappa shape index (κ3) is 2.45. The standard InChI is InChI=1S/C9H17N3O2/c1-2-11-7(13)6-12-8(14)9(10)4-3-5-9/h2-6,10H2,1H3,(H,11,13)(H,12,14). The van der Waals surface area contributed by atoms with E-state index < -0.39 is 5.54 Å². The monoisotopic (exact) mass is 199 g/mol. The maximum Gasteiger partial charge on any atom is 0.240 e. The van der Waals surface area contributed by atoms with Crippen LogP contribution in [0.4, 0.5) is 0 Å². The summed E-state index contributed by atoms with van der Waals surface area (Å²) in [5.74, 6) is -0.390. The summed E-state index contributed by atoms with van der Waals surface area (Å²) in [6.07, 6.45) is 2.42. The molecule has 2 amide bonds. The van der Waals surface area contributed by atoms with Crippen molar-refractivity contribution < 1.29 is 9.59 Å². The molecule has 0 aliphatic heterocycles. The van der Waals surface area contributed by atoms with Gasteiger partial charge in [0.2, 0.25) is 11.8 Å². The molecule has 0 heterocycles. The molecule has 0 radical (unpaired) electrons. The van der Waals surface area contributed by atoms with Crippen LogP contribution in [0.1, 0.15) is 26.2 Å². The van der Waals surface area contributed by atoms with Gasteiger partial charge in [-0.2, -0.15) is 0 Å². The van der Waals surface area contributed by atoms with Crippen LogP contribution in [0.2, 0.25) is 0 Å². The van der Waals surface area contributed by atoms with E-state index in [0.29, 0.717) is 19.4 Å². The zero-order chi connectivity index (χ0) is 10.6. The van der Waals surface area contributed by atoms with E-state index in [1.165, 1.54) is 0 Å². The summed E-state index contributed by atoms with van der Waals surface area (Å²) in [5.41, 5.74) is 5.05. The van der Waals surface area contributed by atoms with Crippen molar-refractivity contribution in [3.8, 4) is 0 Å². The van der Waals surface area contributed by atoms with Crippen LogP contribution in [0.15, 0.2) is 0 Å². The highest BCUT2D eigenvalue weighted by Gasteiger charge is 2.39. The van der Waals surface area contributed by atoms with Crippen molar-refractivity contribution in [3.63, 3.8) is 0 Å². The number of nitrogens with one attached hydrogen (secondary N) is 2. The molecular weight excluding hydrogens is 182 g/mol. The Morgan fingerprint density at radius 1 is 1.36 bits per heavy atom. The molecule has 1 aliphatic rings. The number of likely N-dealkylation sites (N-methyl/N-ethyl adjacent to an activating group) is 1. The summed E-state index contributed by atoms with van der Waals surface area (Å²) >= 11 is 0. The molecule has 0 bridgehead atoms. The number of carbonyl (C=O) groups is 2. The topological polar surface area (TPSA) is 84.2 Å². The van der Waals surface area contributed by atoms with Crippen LogP contribution in [-0.2, 0) is 9.59 Å². The van der Waals surface area contributed by atoms with E-state index in [2.05, 4.69) is 10.6 Å². The van der Waals surface area contributed by atoms with Crippen LogP contribution in [-0.4, -0.2) is 30.4 Å². The fourth-order valence-electron chi connectivity index (χ4n) is 1.38. The second-order valence-electron chi connectivity index (χ2n) is 3.65. The smallest absolute Gasteiger partial charge is 0.240 e. The molecule has 5 heteroatoms. The zero-order valence-corrected chi connectivity index (χ0v) is 8.43. The molecule has 0 spiro atoms. The fraction of sp³-hybridized carbons (Fsp3) is 0.778. The molecule has 0 aromatic heterocycles. The molecule has 4 N–H and O–H groups in total. The molecular formula is C9H17N3O2. The van der Waals surface area contributed by atoms with E-state index in [9.17, 15) is 9.59 Å².